The summed E-state index contributed by atoms with van der Waals surface area (Å²) in [6.45, 7) is 3.02. The Labute approximate surface area is 217 Å². The molecular weight excluding hydrogens is 494 g/mol. The van der Waals surface area contributed by atoms with Crippen molar-refractivity contribution in [1.29, 1.82) is 0 Å². The van der Waals surface area contributed by atoms with E-state index in [-0.39, 0.29) is 17.7 Å². The van der Waals surface area contributed by atoms with Gasteiger partial charge in [-0.2, -0.15) is 5.10 Å². The third-order valence-corrected chi connectivity index (χ3v) is 5.99. The van der Waals surface area contributed by atoms with Gasteiger partial charge in [0.15, 0.2) is 0 Å². The lowest BCUT2D eigenvalue weighted by Gasteiger charge is -2.17. The van der Waals surface area contributed by atoms with E-state index in [4.69, 9.17) is 9.47 Å². The highest BCUT2D eigenvalue weighted by Gasteiger charge is 2.34. The van der Waals surface area contributed by atoms with Crippen LogP contribution in [0.2, 0.25) is 0 Å². The maximum absolute atomic E-state index is 13.0. The molecule has 38 heavy (non-hydrogen) atoms. The van der Waals surface area contributed by atoms with Crippen LogP contribution in [0.15, 0.2) is 73.2 Å². The van der Waals surface area contributed by atoms with Crippen molar-refractivity contribution in [2.75, 3.05) is 11.9 Å². The number of aryl methyl sites for hydroxylation is 1. The molecule has 2 N–H and O–H groups in total. The van der Waals surface area contributed by atoms with Gasteiger partial charge in [-0.15, -0.1) is 0 Å². The van der Waals surface area contributed by atoms with Gasteiger partial charge in [0.25, 0.3) is 6.43 Å². The first kappa shape index (κ1) is 25.3. The molecular formula is C27H26F2N6O3. The van der Waals surface area contributed by atoms with Crippen LogP contribution < -0.4 is 10.6 Å². The van der Waals surface area contributed by atoms with Crippen molar-refractivity contribution >= 4 is 17.7 Å². The Kier molecular flexibility index (Phi) is 7.55. The largest absolute Gasteiger partial charge is 0.442 e. The summed E-state index contributed by atoms with van der Waals surface area (Å²) in [4.78, 5) is 19.8. The van der Waals surface area contributed by atoms with Crippen LogP contribution >= 0.6 is 0 Å². The monoisotopic (exact) mass is 520 g/mol. The number of hydrogen-bond acceptors (Lipinski definition) is 7. The van der Waals surface area contributed by atoms with Crippen molar-refractivity contribution in [2.24, 2.45) is 0 Å². The maximum Gasteiger partial charge on any atom is 0.407 e. The summed E-state index contributed by atoms with van der Waals surface area (Å²) in [6.07, 6.45) is 1.27. The van der Waals surface area contributed by atoms with Crippen molar-refractivity contribution in [3.05, 3.63) is 90.0 Å². The van der Waals surface area contributed by atoms with Gasteiger partial charge in [0.05, 0.1) is 32.0 Å². The number of halogens is 2. The molecule has 1 aliphatic rings. The van der Waals surface area contributed by atoms with Gasteiger partial charge in [-0.1, -0.05) is 36.4 Å². The third-order valence-electron chi connectivity index (χ3n) is 5.99. The average molecular weight is 521 g/mol. The minimum atomic E-state index is -2.68. The van der Waals surface area contributed by atoms with Crippen LogP contribution in [0.25, 0.3) is 11.1 Å². The Morgan fingerprint density at radius 1 is 1.16 bits per heavy atom. The molecule has 9 nitrogen and oxygen atoms in total. The fraction of sp³-hybridized carbons (Fsp3) is 0.259. The predicted octanol–water partition coefficient (Wildman–Crippen LogP) is 5.02. The first-order valence-electron chi connectivity index (χ1n) is 12.0. The van der Waals surface area contributed by atoms with E-state index in [0.717, 1.165) is 22.3 Å². The summed E-state index contributed by atoms with van der Waals surface area (Å²) in [5, 5.41) is 10.2. The number of nitrogens with zero attached hydrogens (tertiary/aromatic N) is 4. The SMILES string of the molecule is Cc1cc(Nc2nccc(C(F)F)n2)cc(-c2cnn(CC3OC(=O)NC3COCc3ccccc3)c2)c1. The van der Waals surface area contributed by atoms with Crippen molar-refractivity contribution in [2.45, 2.75) is 38.6 Å². The maximum atomic E-state index is 13.0. The van der Waals surface area contributed by atoms with Crippen molar-refractivity contribution in [1.82, 2.24) is 25.1 Å². The van der Waals surface area contributed by atoms with Crippen LogP contribution in [0.3, 0.4) is 0 Å². The summed E-state index contributed by atoms with van der Waals surface area (Å²) in [5.74, 6) is 0.0890. The Morgan fingerprint density at radius 3 is 2.82 bits per heavy atom. The van der Waals surface area contributed by atoms with Gasteiger partial charge in [-0.05, 0) is 41.8 Å². The van der Waals surface area contributed by atoms with Crippen molar-refractivity contribution < 1.29 is 23.0 Å². The zero-order valence-electron chi connectivity index (χ0n) is 20.6. The number of hydrogen-bond donors (Lipinski definition) is 2. The van der Waals surface area contributed by atoms with Gasteiger partial charge in [-0.3, -0.25) is 4.68 Å². The first-order chi connectivity index (χ1) is 18.4. The second kappa shape index (κ2) is 11.3. The number of amides is 1. The zero-order valence-corrected chi connectivity index (χ0v) is 20.6. The molecule has 1 saturated heterocycles. The van der Waals surface area contributed by atoms with Crippen LogP contribution in [0.4, 0.5) is 25.2 Å². The van der Waals surface area contributed by atoms with Crippen molar-refractivity contribution in [3.63, 3.8) is 0 Å². The number of cyclic esters (lactones) is 1. The molecule has 1 amide bonds. The molecule has 1 fully saturated rings. The number of carbonyl (C=O) groups is 1. The number of aromatic nitrogens is 4. The normalized spacial score (nSPS) is 16.9. The third kappa shape index (κ3) is 6.30. The minimum absolute atomic E-state index is 0.0890. The van der Waals surface area contributed by atoms with E-state index in [1.165, 1.54) is 12.3 Å². The highest BCUT2D eigenvalue weighted by Crippen LogP contribution is 2.27. The second-order valence-electron chi connectivity index (χ2n) is 8.96. The van der Waals surface area contributed by atoms with Gasteiger partial charge in [0, 0.05) is 23.6 Å². The molecule has 2 aromatic heterocycles. The molecule has 0 radical (unpaired) electrons. The highest BCUT2D eigenvalue weighted by atomic mass is 19.3. The van der Waals surface area contributed by atoms with E-state index in [9.17, 15) is 13.6 Å². The molecule has 3 heterocycles. The van der Waals surface area contributed by atoms with E-state index in [1.807, 2.05) is 61.7 Å². The van der Waals surface area contributed by atoms with E-state index >= 15 is 0 Å². The quantitative estimate of drug-likeness (QED) is 0.303. The van der Waals surface area contributed by atoms with Crippen LogP contribution in [0.5, 0.6) is 0 Å². The number of benzene rings is 2. The topological polar surface area (TPSA) is 103 Å². The average Bonchev–Trinajstić information content (AvgIpc) is 3.51. The van der Waals surface area contributed by atoms with E-state index in [2.05, 4.69) is 25.7 Å². The lowest BCUT2D eigenvalue weighted by molar-refractivity contribution is 0.0641. The molecule has 2 unspecified atom stereocenters. The van der Waals surface area contributed by atoms with Crippen LogP contribution in [-0.4, -0.2) is 44.6 Å². The fourth-order valence-electron chi connectivity index (χ4n) is 4.19. The number of alkyl carbamates (subject to hydrolysis) is 1. The standard InChI is InChI=1S/C27H26F2N6O3/c1-17-9-19(11-21(10-17)32-26-30-8-7-22(33-26)25(28)29)20-12-31-35(13-20)14-24-23(34-27(36)38-24)16-37-15-18-5-3-2-4-6-18/h2-13,23-25H,14-16H2,1H3,(H,34,36)(H,30,32,33). The summed E-state index contributed by atoms with van der Waals surface area (Å²) >= 11 is 0. The molecule has 0 aliphatic carbocycles. The number of rotatable bonds is 10. The highest BCUT2D eigenvalue weighted by molar-refractivity contribution is 5.71. The molecule has 0 spiro atoms. The second-order valence-corrected chi connectivity index (χ2v) is 8.96. The molecule has 1 aliphatic heterocycles. The van der Waals surface area contributed by atoms with Gasteiger partial charge in [-0.25, -0.2) is 23.5 Å². The zero-order chi connectivity index (χ0) is 26.5. The van der Waals surface area contributed by atoms with Crippen LogP contribution in [0, 0.1) is 6.92 Å². The molecule has 196 valence electrons. The summed E-state index contributed by atoms with van der Waals surface area (Å²) in [7, 11) is 0. The molecule has 2 atom stereocenters. The minimum Gasteiger partial charge on any atom is -0.442 e. The molecule has 0 bridgehead atoms. The lowest BCUT2D eigenvalue weighted by Crippen LogP contribution is -2.38. The molecule has 5 rings (SSSR count). The van der Waals surface area contributed by atoms with Gasteiger partial charge < -0.3 is 20.1 Å². The summed E-state index contributed by atoms with van der Waals surface area (Å²) in [6, 6.07) is 16.4. The van der Waals surface area contributed by atoms with Crippen LogP contribution in [0.1, 0.15) is 23.2 Å². The number of carbonyl (C=O) groups excluding carboxylic acids is 1. The predicted molar refractivity (Wildman–Crippen MR) is 136 cm³/mol. The van der Waals surface area contributed by atoms with E-state index in [0.29, 0.717) is 25.4 Å². The molecule has 4 aromatic rings. The molecule has 2 aromatic carbocycles. The Balaban J connectivity index is 1.24. The van der Waals surface area contributed by atoms with Gasteiger partial charge >= 0.3 is 6.09 Å². The van der Waals surface area contributed by atoms with Crippen LogP contribution in [-0.2, 0) is 22.6 Å². The molecule has 11 heteroatoms. The number of anilines is 2. The van der Waals surface area contributed by atoms with E-state index in [1.54, 1.807) is 10.9 Å². The van der Waals surface area contributed by atoms with E-state index < -0.39 is 18.6 Å². The Bertz CT molecular complexity index is 1400. The summed E-state index contributed by atoms with van der Waals surface area (Å²) in [5.41, 5.74) is 4.02. The fourth-order valence-corrected chi connectivity index (χ4v) is 4.19. The first-order valence-corrected chi connectivity index (χ1v) is 12.0. The van der Waals surface area contributed by atoms with Gasteiger partial charge in [0.2, 0.25) is 5.95 Å². The number of nitrogens with one attached hydrogen (secondary N) is 2. The summed E-state index contributed by atoms with van der Waals surface area (Å²) < 4.78 is 39.0. The van der Waals surface area contributed by atoms with Crippen molar-refractivity contribution in [3.8, 4) is 11.1 Å². The Morgan fingerprint density at radius 2 is 2.00 bits per heavy atom. The Hall–Kier alpha value is -4.38. The number of ether oxygens (including phenoxy) is 2. The number of alkyl halides is 2. The van der Waals surface area contributed by atoms with Gasteiger partial charge in [0.1, 0.15) is 11.8 Å². The molecule has 0 saturated carbocycles. The smallest absolute Gasteiger partial charge is 0.407 e. The lowest BCUT2D eigenvalue weighted by atomic mass is 10.1.